The van der Waals surface area contributed by atoms with Gasteiger partial charge in [0.15, 0.2) is 5.56 Å². The lowest BCUT2D eigenvalue weighted by atomic mass is 10.2. The molecule has 0 aliphatic rings. The third-order valence-corrected chi connectivity index (χ3v) is 3.08. The Balaban J connectivity index is 2.58. The summed E-state index contributed by atoms with van der Waals surface area (Å²) in [4.78, 5) is 34.8. The molecule has 1 aromatic carbocycles. The Morgan fingerprint density at radius 1 is 1.21 bits per heavy atom. The van der Waals surface area contributed by atoms with E-state index in [0.29, 0.717) is 0 Å². The van der Waals surface area contributed by atoms with Crippen molar-refractivity contribution in [2.24, 2.45) is 0 Å². The van der Waals surface area contributed by atoms with Crippen LogP contribution in [0.2, 0.25) is 0 Å². The van der Waals surface area contributed by atoms with Gasteiger partial charge in [0.05, 0.1) is 11.3 Å². The first-order valence-corrected chi connectivity index (χ1v) is 6.66. The number of benzene rings is 1. The molecule has 0 saturated heterocycles. The van der Waals surface area contributed by atoms with Gasteiger partial charge < -0.3 is 20.1 Å². The van der Waals surface area contributed by atoms with Gasteiger partial charge in [-0.1, -0.05) is 12.7 Å². The lowest BCUT2D eigenvalue weighted by Gasteiger charge is -2.13. The van der Waals surface area contributed by atoms with Crippen molar-refractivity contribution < 1.29 is 29.6 Å². The Bertz CT molecular complexity index is 865. The van der Waals surface area contributed by atoms with Crippen LogP contribution in [0.5, 0.6) is 11.6 Å². The Morgan fingerprint density at radius 3 is 2.38 bits per heavy atom. The fourth-order valence-electron chi connectivity index (χ4n) is 1.99. The molecule has 124 valence electrons. The fourth-order valence-corrected chi connectivity index (χ4v) is 1.99. The summed E-state index contributed by atoms with van der Waals surface area (Å²) in [5.74, 6) is -3.75. The number of carbonyl (C=O) groups excluding carboxylic acids is 1. The molecule has 1 heterocycles. The Kier molecular flexibility index (Phi) is 4.69. The highest BCUT2D eigenvalue weighted by Crippen LogP contribution is 2.27. The second-order valence-corrected chi connectivity index (χ2v) is 4.64. The van der Waals surface area contributed by atoms with Gasteiger partial charge in [0.2, 0.25) is 5.88 Å². The molecule has 0 unspecified atom stereocenters. The molecule has 24 heavy (non-hydrogen) atoms. The Labute approximate surface area is 135 Å². The van der Waals surface area contributed by atoms with Crippen molar-refractivity contribution in [1.82, 2.24) is 4.57 Å². The van der Waals surface area contributed by atoms with Crippen LogP contribution in [-0.2, 0) is 4.74 Å². The minimum absolute atomic E-state index is 0.0179. The van der Waals surface area contributed by atoms with Gasteiger partial charge in [-0.05, 0) is 24.3 Å². The number of hydrogen-bond acceptors (Lipinski definition) is 6. The molecule has 8 heteroatoms. The zero-order valence-corrected chi connectivity index (χ0v) is 12.3. The van der Waals surface area contributed by atoms with Gasteiger partial charge in [-0.15, -0.1) is 0 Å². The van der Waals surface area contributed by atoms with E-state index in [1.165, 1.54) is 30.3 Å². The topological polar surface area (TPSA) is 126 Å². The van der Waals surface area contributed by atoms with E-state index in [1.807, 2.05) is 0 Å². The molecule has 0 saturated carbocycles. The lowest BCUT2D eigenvalue weighted by Crippen LogP contribution is -2.20. The highest BCUT2D eigenvalue weighted by molar-refractivity contribution is 5.95. The van der Waals surface area contributed by atoms with Crippen molar-refractivity contribution in [2.45, 2.75) is 0 Å². The van der Waals surface area contributed by atoms with Crippen LogP contribution in [0.1, 0.15) is 20.7 Å². The van der Waals surface area contributed by atoms with E-state index in [4.69, 9.17) is 9.84 Å². The number of carbonyl (C=O) groups is 2. The van der Waals surface area contributed by atoms with Crippen LogP contribution in [0.25, 0.3) is 5.69 Å². The number of esters is 1. The van der Waals surface area contributed by atoms with Gasteiger partial charge in [0.1, 0.15) is 12.4 Å². The minimum atomic E-state index is -1.16. The first-order chi connectivity index (χ1) is 11.4. The highest BCUT2D eigenvalue weighted by Gasteiger charge is 2.23. The summed E-state index contributed by atoms with van der Waals surface area (Å²) in [6, 6.07) is 5.76. The first kappa shape index (κ1) is 16.8. The molecular formula is C16H13NO7. The molecule has 2 aromatic rings. The van der Waals surface area contributed by atoms with Crippen LogP contribution >= 0.6 is 0 Å². The van der Waals surface area contributed by atoms with Crippen molar-refractivity contribution in [3.63, 3.8) is 0 Å². The van der Waals surface area contributed by atoms with E-state index in [2.05, 4.69) is 6.58 Å². The number of aromatic carboxylic acids is 1. The molecule has 0 spiro atoms. The predicted molar refractivity (Wildman–Crippen MR) is 82.8 cm³/mol. The van der Waals surface area contributed by atoms with Gasteiger partial charge in [0.25, 0.3) is 5.56 Å². The Hall–Kier alpha value is -3.55. The smallest absolute Gasteiger partial charge is 0.347 e. The van der Waals surface area contributed by atoms with Crippen LogP contribution in [0.15, 0.2) is 47.8 Å². The van der Waals surface area contributed by atoms with Crippen LogP contribution in [0, 0.1) is 0 Å². The van der Waals surface area contributed by atoms with Crippen LogP contribution in [0.3, 0.4) is 0 Å². The summed E-state index contributed by atoms with van der Waals surface area (Å²) in [5.41, 5.74) is -1.30. The number of rotatable bonds is 5. The molecule has 1 aromatic heterocycles. The van der Waals surface area contributed by atoms with Gasteiger partial charge in [-0.3, -0.25) is 4.79 Å². The number of nitrogens with zero attached hydrogens (tertiary/aromatic N) is 1. The van der Waals surface area contributed by atoms with E-state index in [9.17, 15) is 24.6 Å². The molecule has 2 rings (SSSR count). The van der Waals surface area contributed by atoms with E-state index in [-0.39, 0.29) is 17.9 Å². The van der Waals surface area contributed by atoms with Crippen LogP contribution in [0.4, 0.5) is 0 Å². The van der Waals surface area contributed by atoms with Crippen molar-refractivity contribution in [2.75, 3.05) is 6.61 Å². The summed E-state index contributed by atoms with van der Waals surface area (Å²) in [6.07, 6.45) is 1.30. The van der Waals surface area contributed by atoms with E-state index >= 15 is 0 Å². The number of ether oxygens (including phenoxy) is 1. The average Bonchev–Trinajstić information content (AvgIpc) is 2.52. The maximum Gasteiger partial charge on any atom is 0.347 e. The van der Waals surface area contributed by atoms with E-state index in [0.717, 1.165) is 10.6 Å². The largest absolute Gasteiger partial charge is 0.507 e. The predicted octanol–water partition coefficient (Wildman–Crippen LogP) is 1.29. The number of aromatic nitrogens is 1. The van der Waals surface area contributed by atoms with E-state index < -0.39 is 34.7 Å². The summed E-state index contributed by atoms with van der Waals surface area (Å²) < 4.78 is 5.50. The van der Waals surface area contributed by atoms with Crippen LogP contribution in [-0.4, -0.2) is 38.4 Å². The summed E-state index contributed by atoms with van der Waals surface area (Å²) in [5, 5.41) is 28.8. The second kappa shape index (κ2) is 6.69. The minimum Gasteiger partial charge on any atom is -0.507 e. The normalized spacial score (nSPS) is 10.2. The van der Waals surface area contributed by atoms with Crippen LogP contribution < -0.4 is 5.56 Å². The summed E-state index contributed by atoms with van der Waals surface area (Å²) >= 11 is 0. The number of carboxylic acids is 1. The average molecular weight is 331 g/mol. The molecule has 0 fully saturated rings. The lowest BCUT2D eigenvalue weighted by molar-refractivity contribution is 0.0540. The van der Waals surface area contributed by atoms with Gasteiger partial charge in [-0.25, -0.2) is 14.2 Å². The number of pyridine rings is 1. The second-order valence-electron chi connectivity index (χ2n) is 4.64. The van der Waals surface area contributed by atoms with Gasteiger partial charge in [0, 0.05) is 6.07 Å². The number of aromatic hydroxyl groups is 2. The standard InChI is InChI=1S/C16H13NO7/c1-2-7-24-16(23)13-11(18)8-12(19)17(14(13)20)10-5-3-9(4-6-10)15(21)22/h2-6,8,18,20H,1,7H2,(H,21,22). The fraction of sp³-hybridized carbons (Fsp3) is 0.0625. The SMILES string of the molecule is C=CCOC(=O)c1c(O)cc(=O)n(-c2ccc(C(=O)O)cc2)c1O. The Morgan fingerprint density at radius 2 is 1.83 bits per heavy atom. The quantitative estimate of drug-likeness (QED) is 0.556. The van der Waals surface area contributed by atoms with Crippen molar-refractivity contribution in [1.29, 1.82) is 0 Å². The molecule has 0 atom stereocenters. The molecular weight excluding hydrogens is 318 g/mol. The van der Waals surface area contributed by atoms with E-state index in [1.54, 1.807) is 0 Å². The highest BCUT2D eigenvalue weighted by atomic mass is 16.5. The molecule has 0 bridgehead atoms. The van der Waals surface area contributed by atoms with Crippen molar-refractivity contribution in [3.8, 4) is 17.3 Å². The number of hydrogen-bond donors (Lipinski definition) is 3. The van der Waals surface area contributed by atoms with Gasteiger partial charge in [-0.2, -0.15) is 0 Å². The third-order valence-electron chi connectivity index (χ3n) is 3.08. The molecule has 8 nitrogen and oxygen atoms in total. The van der Waals surface area contributed by atoms with Gasteiger partial charge >= 0.3 is 11.9 Å². The molecule has 0 amide bonds. The van der Waals surface area contributed by atoms with Crippen molar-refractivity contribution in [3.05, 3.63) is 64.5 Å². The zero-order chi connectivity index (χ0) is 17.9. The molecule has 3 N–H and O–H groups in total. The summed E-state index contributed by atoms with van der Waals surface area (Å²) in [7, 11) is 0. The maximum atomic E-state index is 12.0. The molecule has 0 aliphatic heterocycles. The van der Waals surface area contributed by atoms with Crippen molar-refractivity contribution >= 4 is 11.9 Å². The molecule has 0 aliphatic carbocycles. The summed E-state index contributed by atoms with van der Waals surface area (Å²) in [6.45, 7) is 3.22. The number of carboxylic acid groups (broad SMARTS) is 1. The first-order valence-electron chi connectivity index (χ1n) is 6.66. The zero-order valence-electron chi connectivity index (χ0n) is 12.3. The third kappa shape index (κ3) is 3.12. The maximum absolute atomic E-state index is 12.0. The molecule has 0 radical (unpaired) electrons. The monoisotopic (exact) mass is 331 g/mol.